The topological polar surface area (TPSA) is 94.0 Å². The minimum atomic E-state index is -0.945. The van der Waals surface area contributed by atoms with Gasteiger partial charge in [-0.1, -0.05) is 42.5 Å². The third-order valence-electron chi connectivity index (χ3n) is 5.60. The maximum Gasteiger partial charge on any atom is 0.335 e. The van der Waals surface area contributed by atoms with Crippen LogP contribution in [0.3, 0.4) is 0 Å². The summed E-state index contributed by atoms with van der Waals surface area (Å²) in [6, 6.07) is 22.5. The summed E-state index contributed by atoms with van der Waals surface area (Å²) in [6.45, 7) is 2.60. The van der Waals surface area contributed by atoms with Gasteiger partial charge in [0.2, 0.25) is 0 Å². The molecule has 1 aliphatic heterocycles. The lowest BCUT2D eigenvalue weighted by molar-refractivity contribution is -0.112. The van der Waals surface area contributed by atoms with Crippen LogP contribution in [0.2, 0.25) is 0 Å². The number of carbonyl (C=O) groups is 2. The maximum absolute atomic E-state index is 12.8. The van der Waals surface area contributed by atoms with Gasteiger partial charge in [-0.05, 0) is 60.6 Å². The third kappa shape index (κ3) is 5.70. The van der Waals surface area contributed by atoms with Gasteiger partial charge in [0.15, 0.2) is 10.8 Å². The number of nitrogens with one attached hydrogen (secondary N) is 2. The van der Waals surface area contributed by atoms with Crippen LogP contribution in [0.25, 0.3) is 0 Å². The number of carboxylic acids is 1. The van der Waals surface area contributed by atoms with E-state index >= 15 is 0 Å². The summed E-state index contributed by atoms with van der Waals surface area (Å²) in [4.78, 5) is 26.5. The lowest BCUT2D eigenvalue weighted by Gasteiger charge is -2.13. The van der Waals surface area contributed by atoms with Crippen molar-refractivity contribution in [3.8, 4) is 0 Å². The molecule has 0 aliphatic carbocycles. The number of anilines is 1. The van der Waals surface area contributed by atoms with Crippen molar-refractivity contribution in [1.82, 2.24) is 10.7 Å². The van der Waals surface area contributed by atoms with Gasteiger partial charge in [0.25, 0.3) is 5.91 Å². The number of hydrazone groups is 1. The van der Waals surface area contributed by atoms with Gasteiger partial charge in [0.05, 0.1) is 11.3 Å². The minimum absolute atomic E-state index is 0.0824. The normalized spacial score (nSPS) is 14.5. The number of amides is 1. The van der Waals surface area contributed by atoms with Crippen molar-refractivity contribution in [1.29, 1.82) is 0 Å². The molecule has 0 spiro atoms. The van der Waals surface area contributed by atoms with Crippen LogP contribution in [0.15, 0.2) is 82.8 Å². The molecule has 1 atom stereocenters. The molecule has 0 aromatic heterocycles. The van der Waals surface area contributed by atoms with Gasteiger partial charge in [0, 0.05) is 29.3 Å². The van der Waals surface area contributed by atoms with Gasteiger partial charge in [-0.3, -0.25) is 10.2 Å². The summed E-state index contributed by atoms with van der Waals surface area (Å²) in [7, 11) is 1.72. The first-order chi connectivity index (χ1) is 16.8. The number of hydrogen-bond donors (Lipinski definition) is 3. The second-order valence-corrected chi connectivity index (χ2v) is 9.79. The van der Waals surface area contributed by atoms with E-state index in [4.69, 9.17) is 17.3 Å². The Balaban J connectivity index is 1.47. The Morgan fingerprint density at radius 1 is 1.11 bits per heavy atom. The lowest BCUT2D eigenvalue weighted by Crippen LogP contribution is -2.34. The van der Waals surface area contributed by atoms with Crippen molar-refractivity contribution in [2.75, 3.05) is 11.9 Å². The van der Waals surface area contributed by atoms with Crippen LogP contribution in [-0.4, -0.2) is 34.9 Å². The molecule has 3 aromatic rings. The standard InChI is InChI=1S/C26H24N4O3S2/c1-16(18-8-10-19(11-9-18)25(32)33)35-20-12-13-22-21(14-20)23(24(31)30(22)2)28-29-26(34)27-15-17-6-4-3-5-7-17/h3-14,16H,15H2,1-2H3,(H,32,33)(H2,27,29,34)/b28-23-. The first-order valence-electron chi connectivity index (χ1n) is 10.9. The van der Waals surface area contributed by atoms with E-state index in [0.29, 0.717) is 17.4 Å². The lowest BCUT2D eigenvalue weighted by atomic mass is 10.1. The van der Waals surface area contributed by atoms with E-state index in [1.165, 1.54) is 0 Å². The number of benzene rings is 3. The quantitative estimate of drug-likeness (QED) is 0.246. The fourth-order valence-electron chi connectivity index (χ4n) is 3.66. The van der Waals surface area contributed by atoms with E-state index in [0.717, 1.165) is 27.3 Å². The van der Waals surface area contributed by atoms with Gasteiger partial charge in [-0.2, -0.15) is 5.10 Å². The molecular weight excluding hydrogens is 480 g/mol. The molecule has 9 heteroatoms. The monoisotopic (exact) mass is 504 g/mol. The van der Waals surface area contributed by atoms with Crippen molar-refractivity contribution >= 4 is 52.4 Å². The van der Waals surface area contributed by atoms with E-state index in [1.54, 1.807) is 35.8 Å². The largest absolute Gasteiger partial charge is 0.478 e. The van der Waals surface area contributed by atoms with Crippen LogP contribution in [0.1, 0.15) is 39.2 Å². The van der Waals surface area contributed by atoms with Crippen LogP contribution in [-0.2, 0) is 11.3 Å². The maximum atomic E-state index is 12.8. The number of nitrogens with zero attached hydrogens (tertiary/aromatic N) is 2. The molecule has 3 aromatic carbocycles. The van der Waals surface area contributed by atoms with Gasteiger partial charge in [0.1, 0.15) is 0 Å². The zero-order valence-corrected chi connectivity index (χ0v) is 20.8. The Hall–Kier alpha value is -3.69. The molecule has 35 heavy (non-hydrogen) atoms. The molecule has 1 unspecified atom stereocenters. The second-order valence-electron chi connectivity index (χ2n) is 7.97. The van der Waals surface area contributed by atoms with Crippen molar-refractivity contribution < 1.29 is 14.7 Å². The fraction of sp³-hybridized carbons (Fsp3) is 0.154. The zero-order chi connectivity index (χ0) is 24.9. The van der Waals surface area contributed by atoms with E-state index in [-0.39, 0.29) is 16.7 Å². The third-order valence-corrected chi connectivity index (χ3v) is 6.98. The molecule has 0 saturated carbocycles. The number of rotatable bonds is 7. The summed E-state index contributed by atoms with van der Waals surface area (Å²) in [5, 5.41) is 16.9. The summed E-state index contributed by atoms with van der Waals surface area (Å²) >= 11 is 6.94. The average molecular weight is 505 g/mol. The average Bonchev–Trinajstić information content (AvgIpc) is 3.10. The highest BCUT2D eigenvalue weighted by Crippen LogP contribution is 2.38. The minimum Gasteiger partial charge on any atom is -0.478 e. The predicted octanol–water partition coefficient (Wildman–Crippen LogP) is 4.58. The number of likely N-dealkylation sites (N-methyl/N-ethyl adjacent to an activating group) is 1. The van der Waals surface area contributed by atoms with Crippen molar-refractivity contribution in [3.63, 3.8) is 0 Å². The van der Waals surface area contributed by atoms with E-state index in [2.05, 4.69) is 22.8 Å². The highest BCUT2D eigenvalue weighted by molar-refractivity contribution is 7.99. The van der Waals surface area contributed by atoms with Crippen LogP contribution in [0, 0.1) is 0 Å². The van der Waals surface area contributed by atoms with Crippen molar-refractivity contribution in [2.24, 2.45) is 5.10 Å². The number of fused-ring (bicyclic) bond motifs is 1. The molecule has 0 radical (unpaired) electrons. The second kappa shape index (κ2) is 10.7. The molecule has 1 heterocycles. The molecule has 1 aliphatic rings. The molecule has 3 N–H and O–H groups in total. The summed E-state index contributed by atoms with van der Waals surface area (Å²) in [5.41, 5.74) is 6.96. The van der Waals surface area contributed by atoms with Crippen LogP contribution < -0.4 is 15.6 Å². The Kier molecular flexibility index (Phi) is 7.48. The number of thioether (sulfide) groups is 1. The molecule has 4 rings (SSSR count). The zero-order valence-electron chi connectivity index (χ0n) is 19.2. The van der Waals surface area contributed by atoms with Gasteiger partial charge in [-0.15, -0.1) is 11.8 Å². The number of aromatic carboxylic acids is 1. The summed E-state index contributed by atoms with van der Waals surface area (Å²) < 4.78 is 0. The van der Waals surface area contributed by atoms with Crippen LogP contribution in [0.4, 0.5) is 5.69 Å². The Morgan fingerprint density at radius 2 is 1.83 bits per heavy atom. The molecular formula is C26H24N4O3S2. The molecule has 178 valence electrons. The number of carboxylic acid groups (broad SMARTS) is 1. The Labute approximate surface area is 213 Å². The predicted molar refractivity (Wildman–Crippen MR) is 143 cm³/mol. The summed E-state index contributed by atoms with van der Waals surface area (Å²) in [6.07, 6.45) is 0. The molecule has 1 amide bonds. The van der Waals surface area contributed by atoms with E-state index in [9.17, 15) is 9.59 Å². The highest BCUT2D eigenvalue weighted by Gasteiger charge is 2.32. The highest BCUT2D eigenvalue weighted by atomic mass is 32.2. The summed E-state index contributed by atoms with van der Waals surface area (Å²) in [5.74, 6) is -1.16. The Morgan fingerprint density at radius 3 is 2.51 bits per heavy atom. The van der Waals surface area contributed by atoms with E-state index in [1.807, 2.05) is 60.7 Å². The van der Waals surface area contributed by atoms with Crippen molar-refractivity contribution in [2.45, 2.75) is 23.6 Å². The molecule has 0 fully saturated rings. The number of thiocarbonyl (C=S) groups is 1. The number of hydrogen-bond acceptors (Lipinski definition) is 5. The Bertz CT molecular complexity index is 1290. The SMILES string of the molecule is CC(Sc1ccc2c(c1)/C(=N/NC(=S)NCc1ccccc1)C(=O)N2C)c1ccc(C(=O)O)cc1. The fourth-order valence-corrected chi connectivity index (χ4v) is 4.81. The molecule has 0 bridgehead atoms. The molecule has 7 nitrogen and oxygen atoms in total. The first kappa shape index (κ1) is 24.4. The van der Waals surface area contributed by atoms with E-state index < -0.39 is 5.97 Å². The van der Waals surface area contributed by atoms with Crippen LogP contribution >= 0.6 is 24.0 Å². The van der Waals surface area contributed by atoms with Gasteiger partial charge in [-0.25, -0.2) is 4.79 Å². The smallest absolute Gasteiger partial charge is 0.335 e. The first-order valence-corrected chi connectivity index (χ1v) is 12.2. The van der Waals surface area contributed by atoms with Crippen LogP contribution in [0.5, 0.6) is 0 Å². The van der Waals surface area contributed by atoms with Gasteiger partial charge < -0.3 is 15.3 Å². The van der Waals surface area contributed by atoms with Crippen molar-refractivity contribution in [3.05, 3.63) is 95.1 Å². The van der Waals surface area contributed by atoms with Gasteiger partial charge >= 0.3 is 5.97 Å². The number of carbonyl (C=O) groups excluding carboxylic acids is 1. The molecule has 0 saturated heterocycles.